The van der Waals surface area contributed by atoms with Crippen molar-refractivity contribution in [2.75, 3.05) is 26.9 Å². The first kappa shape index (κ1) is 29.2. The summed E-state index contributed by atoms with van der Waals surface area (Å²) in [5, 5.41) is 23.7. The Labute approximate surface area is 200 Å². The van der Waals surface area contributed by atoms with E-state index in [1.54, 1.807) is 13.2 Å². The van der Waals surface area contributed by atoms with Crippen molar-refractivity contribution in [3.8, 4) is 11.5 Å². The minimum atomic E-state index is -0.738. The molecule has 0 unspecified atom stereocenters. The molecule has 4 atom stereocenters. The number of hydrogen-bond acceptors (Lipinski definition) is 6. The Kier molecular flexibility index (Phi) is 14.1. The summed E-state index contributed by atoms with van der Waals surface area (Å²) in [6.45, 7) is 9.96. The maximum absolute atomic E-state index is 12.2. The van der Waals surface area contributed by atoms with Crippen LogP contribution in [0.3, 0.4) is 0 Å². The zero-order valence-electron chi connectivity index (χ0n) is 21.2. The second-order valence-electron chi connectivity index (χ2n) is 9.45. The van der Waals surface area contributed by atoms with Gasteiger partial charge in [0, 0.05) is 38.6 Å². The first-order valence-electron chi connectivity index (χ1n) is 12.3. The van der Waals surface area contributed by atoms with E-state index >= 15 is 0 Å². The number of methoxy groups -OCH3 is 1. The number of nitrogens with two attached hydrogens (primary N) is 1. The van der Waals surface area contributed by atoms with E-state index in [1.807, 2.05) is 19.1 Å². The number of nitrogens with one attached hydrogen (secondary N) is 1. The topological polar surface area (TPSA) is 114 Å². The quantitative estimate of drug-likeness (QED) is 0.261. The standard InChI is InChI=1S/C26H46N2O5/c1-6-7-11-28-26(31)19(4)14-24(30)22(27)17-21(18(2)3)15-20-9-10-23(29)25(16-20)33-13-8-12-32-5/h9-10,16,18-19,21-22,24,29-30H,6-8,11-15,17,27H2,1-5H3,(H,28,31)/t19-,21+,22+,24+/m1/s1. The smallest absolute Gasteiger partial charge is 0.222 e. The number of carbonyl (C=O) groups is 1. The van der Waals surface area contributed by atoms with Crippen LogP contribution in [0.4, 0.5) is 0 Å². The molecule has 1 aromatic carbocycles. The van der Waals surface area contributed by atoms with Crippen LogP contribution in [0.1, 0.15) is 65.4 Å². The van der Waals surface area contributed by atoms with Gasteiger partial charge in [0.05, 0.1) is 12.7 Å². The third-order valence-electron chi connectivity index (χ3n) is 6.16. The number of hydrogen-bond donors (Lipinski definition) is 4. The van der Waals surface area contributed by atoms with E-state index in [2.05, 4.69) is 26.1 Å². The number of phenolic OH excluding ortho intramolecular Hbond substituents is 1. The zero-order chi connectivity index (χ0) is 24.8. The number of rotatable bonds is 17. The third kappa shape index (κ3) is 11.2. The van der Waals surface area contributed by atoms with Crippen molar-refractivity contribution in [1.82, 2.24) is 5.32 Å². The van der Waals surface area contributed by atoms with Gasteiger partial charge in [-0.15, -0.1) is 0 Å². The average Bonchev–Trinajstić information content (AvgIpc) is 2.77. The maximum atomic E-state index is 12.2. The SMILES string of the molecule is CCCCNC(=O)[C@H](C)C[C@H](O)[C@@H](N)C[C@H](Cc1ccc(O)c(OCCCOC)c1)C(C)C. The molecule has 1 rings (SSSR count). The summed E-state index contributed by atoms with van der Waals surface area (Å²) >= 11 is 0. The fourth-order valence-corrected chi connectivity index (χ4v) is 3.79. The first-order chi connectivity index (χ1) is 15.7. The fourth-order valence-electron chi connectivity index (χ4n) is 3.79. The molecule has 33 heavy (non-hydrogen) atoms. The van der Waals surface area contributed by atoms with Crippen molar-refractivity contribution < 1.29 is 24.5 Å². The van der Waals surface area contributed by atoms with Gasteiger partial charge in [-0.3, -0.25) is 4.79 Å². The van der Waals surface area contributed by atoms with Gasteiger partial charge < -0.3 is 30.7 Å². The van der Waals surface area contributed by atoms with Gasteiger partial charge in [0.2, 0.25) is 5.91 Å². The van der Waals surface area contributed by atoms with E-state index in [9.17, 15) is 15.0 Å². The van der Waals surface area contributed by atoms with Gasteiger partial charge in [-0.2, -0.15) is 0 Å². The molecule has 0 radical (unpaired) electrons. The van der Waals surface area contributed by atoms with Crippen LogP contribution in [-0.4, -0.2) is 55.1 Å². The minimum absolute atomic E-state index is 0.0303. The average molecular weight is 467 g/mol. The summed E-state index contributed by atoms with van der Waals surface area (Å²) in [5.74, 6) is 0.883. The van der Waals surface area contributed by atoms with Crippen LogP contribution in [0.5, 0.6) is 11.5 Å². The van der Waals surface area contributed by atoms with Crippen LogP contribution in [0.25, 0.3) is 0 Å². The Hall–Kier alpha value is -1.83. The number of carbonyl (C=O) groups excluding carboxylic acids is 1. The number of unbranched alkanes of at least 4 members (excludes halogenated alkanes) is 1. The van der Waals surface area contributed by atoms with Gasteiger partial charge >= 0.3 is 0 Å². The van der Waals surface area contributed by atoms with Gasteiger partial charge in [0.1, 0.15) is 0 Å². The lowest BCUT2D eigenvalue weighted by Crippen LogP contribution is -2.41. The second-order valence-corrected chi connectivity index (χ2v) is 9.45. The highest BCUT2D eigenvalue weighted by Crippen LogP contribution is 2.30. The number of amides is 1. The van der Waals surface area contributed by atoms with Crippen LogP contribution in [0, 0.1) is 17.8 Å². The van der Waals surface area contributed by atoms with E-state index in [4.69, 9.17) is 15.2 Å². The maximum Gasteiger partial charge on any atom is 0.222 e. The molecule has 7 heteroatoms. The molecular weight excluding hydrogens is 420 g/mol. The molecule has 0 saturated heterocycles. The molecule has 0 fully saturated rings. The molecule has 7 nitrogen and oxygen atoms in total. The summed E-state index contributed by atoms with van der Waals surface area (Å²) in [5.41, 5.74) is 7.42. The van der Waals surface area contributed by atoms with Gasteiger partial charge in [-0.25, -0.2) is 0 Å². The van der Waals surface area contributed by atoms with E-state index in [1.165, 1.54) is 0 Å². The van der Waals surface area contributed by atoms with E-state index in [0.717, 1.165) is 31.2 Å². The molecular formula is C26H46N2O5. The van der Waals surface area contributed by atoms with Gasteiger partial charge in [0.15, 0.2) is 11.5 Å². The van der Waals surface area contributed by atoms with Crippen LogP contribution >= 0.6 is 0 Å². The number of aromatic hydroxyl groups is 1. The zero-order valence-corrected chi connectivity index (χ0v) is 21.2. The van der Waals surface area contributed by atoms with Crippen molar-refractivity contribution in [2.24, 2.45) is 23.5 Å². The molecule has 0 spiro atoms. The lowest BCUT2D eigenvalue weighted by molar-refractivity contribution is -0.125. The highest BCUT2D eigenvalue weighted by atomic mass is 16.5. The molecule has 1 amide bonds. The second kappa shape index (κ2) is 15.9. The van der Waals surface area contributed by atoms with E-state index in [-0.39, 0.29) is 23.5 Å². The van der Waals surface area contributed by atoms with Crippen molar-refractivity contribution in [3.05, 3.63) is 23.8 Å². The minimum Gasteiger partial charge on any atom is -0.504 e. The Morgan fingerprint density at radius 3 is 2.52 bits per heavy atom. The van der Waals surface area contributed by atoms with Crippen molar-refractivity contribution in [3.63, 3.8) is 0 Å². The van der Waals surface area contributed by atoms with Gasteiger partial charge in [-0.05, 0) is 55.2 Å². The predicted molar refractivity (Wildman–Crippen MR) is 132 cm³/mol. The van der Waals surface area contributed by atoms with Crippen molar-refractivity contribution in [2.45, 2.75) is 78.4 Å². The number of ether oxygens (including phenoxy) is 2. The third-order valence-corrected chi connectivity index (χ3v) is 6.16. The summed E-state index contributed by atoms with van der Waals surface area (Å²) in [4.78, 5) is 12.2. The molecule has 0 aromatic heterocycles. The highest BCUT2D eigenvalue weighted by molar-refractivity contribution is 5.78. The lowest BCUT2D eigenvalue weighted by atomic mass is 9.82. The molecule has 0 saturated carbocycles. The molecule has 0 aliphatic heterocycles. The Morgan fingerprint density at radius 2 is 1.88 bits per heavy atom. The molecule has 0 aliphatic carbocycles. The fraction of sp³-hybridized carbons (Fsp3) is 0.731. The Morgan fingerprint density at radius 1 is 1.15 bits per heavy atom. The lowest BCUT2D eigenvalue weighted by Gasteiger charge is -2.28. The molecule has 0 aliphatic rings. The number of phenols is 1. The number of aliphatic hydroxyl groups is 1. The van der Waals surface area contributed by atoms with Crippen LogP contribution < -0.4 is 15.8 Å². The molecule has 0 heterocycles. The summed E-state index contributed by atoms with van der Waals surface area (Å²) < 4.78 is 10.7. The first-order valence-corrected chi connectivity index (χ1v) is 12.3. The molecule has 190 valence electrons. The Bertz CT molecular complexity index is 683. The monoisotopic (exact) mass is 466 g/mol. The van der Waals surface area contributed by atoms with Crippen LogP contribution in [-0.2, 0) is 16.0 Å². The normalized spacial score (nSPS) is 15.2. The van der Waals surface area contributed by atoms with E-state index in [0.29, 0.717) is 44.3 Å². The predicted octanol–water partition coefficient (Wildman–Crippen LogP) is 3.64. The molecule has 5 N–H and O–H groups in total. The highest BCUT2D eigenvalue weighted by Gasteiger charge is 2.26. The molecule has 0 bridgehead atoms. The van der Waals surface area contributed by atoms with Gasteiger partial charge in [-0.1, -0.05) is 40.2 Å². The number of benzene rings is 1. The summed E-state index contributed by atoms with van der Waals surface area (Å²) in [6.07, 6.45) is 3.75. The van der Waals surface area contributed by atoms with Crippen LogP contribution in [0.15, 0.2) is 18.2 Å². The summed E-state index contributed by atoms with van der Waals surface area (Å²) in [6, 6.07) is 5.02. The number of aliphatic hydroxyl groups excluding tert-OH is 1. The summed E-state index contributed by atoms with van der Waals surface area (Å²) in [7, 11) is 1.65. The largest absolute Gasteiger partial charge is 0.504 e. The Balaban J connectivity index is 2.67. The van der Waals surface area contributed by atoms with E-state index < -0.39 is 12.1 Å². The van der Waals surface area contributed by atoms with Crippen molar-refractivity contribution in [1.29, 1.82) is 0 Å². The van der Waals surface area contributed by atoms with Crippen LogP contribution in [0.2, 0.25) is 0 Å². The molecule has 1 aromatic rings. The van der Waals surface area contributed by atoms with Gasteiger partial charge in [0.25, 0.3) is 0 Å². The van der Waals surface area contributed by atoms with Crippen molar-refractivity contribution >= 4 is 5.91 Å².